The van der Waals surface area contributed by atoms with Crippen LogP contribution in [0, 0.1) is 6.92 Å². The van der Waals surface area contributed by atoms with Crippen LogP contribution in [0.25, 0.3) is 0 Å². The van der Waals surface area contributed by atoms with Crippen molar-refractivity contribution >= 4 is 27.3 Å². The third-order valence-corrected chi connectivity index (χ3v) is 4.00. The van der Waals surface area contributed by atoms with E-state index in [0.29, 0.717) is 0 Å². The van der Waals surface area contributed by atoms with Gasteiger partial charge in [-0.3, -0.25) is 0 Å². The summed E-state index contributed by atoms with van der Waals surface area (Å²) in [5.74, 6) is 0. The summed E-state index contributed by atoms with van der Waals surface area (Å²) >= 11 is 5.36. The molecule has 0 aromatic carbocycles. The third-order valence-electron chi connectivity index (χ3n) is 1.86. The highest BCUT2D eigenvalue weighted by atomic mass is 79.9. The van der Waals surface area contributed by atoms with E-state index in [-0.39, 0.29) is 0 Å². The lowest BCUT2D eigenvalue weighted by Gasteiger charge is -1.98. The largest absolute Gasteiger partial charge is 0.308 e. The molecule has 1 aromatic heterocycles. The van der Waals surface area contributed by atoms with Gasteiger partial charge in [0.1, 0.15) is 0 Å². The van der Waals surface area contributed by atoms with Crippen molar-refractivity contribution in [3.05, 3.63) is 31.9 Å². The number of hydrogen-bond donors (Lipinski definition) is 1. The van der Waals surface area contributed by atoms with E-state index in [1.807, 2.05) is 11.3 Å². The first-order chi connectivity index (χ1) is 6.59. The fourth-order valence-electron chi connectivity index (χ4n) is 1.08. The summed E-state index contributed by atoms with van der Waals surface area (Å²) in [4.78, 5) is 2.74. The minimum absolute atomic E-state index is 0.955. The van der Waals surface area contributed by atoms with Gasteiger partial charge in [0.15, 0.2) is 0 Å². The molecule has 3 heteroatoms. The highest BCUT2D eigenvalue weighted by Gasteiger charge is 2.01. The minimum atomic E-state index is 0.955. The molecule has 0 saturated carbocycles. The van der Waals surface area contributed by atoms with Crippen LogP contribution in [0.3, 0.4) is 0 Å². The quantitative estimate of drug-likeness (QED) is 0.649. The number of hydrogen-bond acceptors (Lipinski definition) is 2. The Balaban J connectivity index is 2.35. The van der Waals surface area contributed by atoms with Crippen LogP contribution >= 0.6 is 27.3 Å². The summed E-state index contributed by atoms with van der Waals surface area (Å²) in [6.45, 7) is 8.28. The van der Waals surface area contributed by atoms with E-state index in [2.05, 4.69) is 54.2 Å². The number of thiophene rings is 1. The fourth-order valence-corrected chi connectivity index (χ4v) is 2.65. The van der Waals surface area contributed by atoms with Gasteiger partial charge in [-0.2, -0.15) is 0 Å². The zero-order valence-electron chi connectivity index (χ0n) is 8.86. The molecule has 0 aliphatic heterocycles. The van der Waals surface area contributed by atoms with Gasteiger partial charge in [0.2, 0.25) is 0 Å². The van der Waals surface area contributed by atoms with Gasteiger partial charge in [-0.05, 0) is 42.8 Å². The summed E-state index contributed by atoms with van der Waals surface area (Å²) < 4.78 is 1.22. The lowest BCUT2D eigenvalue weighted by molar-refractivity contribution is 0.767. The van der Waals surface area contributed by atoms with Crippen LogP contribution in [0.4, 0.5) is 0 Å². The fraction of sp³-hybridized carbons (Fsp3) is 0.455. The molecule has 0 aliphatic rings. The first kappa shape index (κ1) is 12.0. The molecule has 78 valence electrons. The van der Waals surface area contributed by atoms with Crippen molar-refractivity contribution in [2.75, 3.05) is 6.54 Å². The van der Waals surface area contributed by atoms with Gasteiger partial charge in [0.05, 0.1) is 0 Å². The Morgan fingerprint density at radius 3 is 2.79 bits per heavy atom. The van der Waals surface area contributed by atoms with Crippen molar-refractivity contribution in [3.63, 3.8) is 0 Å². The highest BCUT2D eigenvalue weighted by molar-refractivity contribution is 9.10. The van der Waals surface area contributed by atoms with Crippen LogP contribution in [-0.2, 0) is 6.54 Å². The van der Waals surface area contributed by atoms with Crippen molar-refractivity contribution in [1.29, 1.82) is 0 Å². The van der Waals surface area contributed by atoms with E-state index >= 15 is 0 Å². The van der Waals surface area contributed by atoms with E-state index < -0.39 is 0 Å². The Labute approximate surface area is 98.4 Å². The molecule has 1 heterocycles. The molecule has 0 fully saturated rings. The van der Waals surface area contributed by atoms with Crippen LogP contribution in [0.15, 0.2) is 22.2 Å². The molecule has 0 bridgehead atoms. The summed E-state index contributed by atoms with van der Waals surface area (Å²) in [7, 11) is 0. The topological polar surface area (TPSA) is 12.0 Å². The van der Waals surface area contributed by atoms with Crippen molar-refractivity contribution < 1.29 is 0 Å². The summed E-state index contributed by atoms with van der Waals surface area (Å²) in [5, 5.41) is 3.39. The second-order valence-corrected chi connectivity index (χ2v) is 5.72. The van der Waals surface area contributed by atoms with Crippen LogP contribution in [0.2, 0.25) is 0 Å². The number of nitrogens with one attached hydrogen (secondary N) is 1. The first-order valence-corrected chi connectivity index (χ1v) is 6.29. The molecule has 1 aromatic rings. The van der Waals surface area contributed by atoms with Crippen LogP contribution < -0.4 is 5.32 Å². The summed E-state index contributed by atoms with van der Waals surface area (Å²) in [5.41, 5.74) is 1.36. The number of aryl methyl sites for hydroxylation is 1. The second-order valence-electron chi connectivity index (χ2n) is 3.53. The Morgan fingerprint density at radius 2 is 2.29 bits per heavy atom. The van der Waals surface area contributed by atoms with Crippen LogP contribution in [0.1, 0.15) is 23.6 Å². The molecule has 1 rings (SSSR count). The SMILES string of the molecule is CC(C)=CCNCc1cc(Br)c(C)s1. The Morgan fingerprint density at radius 1 is 1.57 bits per heavy atom. The molecule has 0 saturated heterocycles. The summed E-state index contributed by atoms with van der Waals surface area (Å²) in [6, 6.07) is 2.19. The molecule has 0 radical (unpaired) electrons. The molecule has 0 atom stereocenters. The zero-order valence-corrected chi connectivity index (χ0v) is 11.3. The van der Waals surface area contributed by atoms with Crippen molar-refractivity contribution in [2.24, 2.45) is 0 Å². The van der Waals surface area contributed by atoms with E-state index in [4.69, 9.17) is 0 Å². The molecule has 0 aliphatic carbocycles. The van der Waals surface area contributed by atoms with Gasteiger partial charge < -0.3 is 5.32 Å². The third kappa shape index (κ3) is 3.95. The smallest absolute Gasteiger partial charge is 0.0314 e. The molecule has 14 heavy (non-hydrogen) atoms. The molecule has 0 amide bonds. The highest BCUT2D eigenvalue weighted by Crippen LogP contribution is 2.25. The Bertz CT molecular complexity index is 305. The van der Waals surface area contributed by atoms with Crippen molar-refractivity contribution in [1.82, 2.24) is 5.32 Å². The van der Waals surface area contributed by atoms with Gasteiger partial charge in [-0.1, -0.05) is 11.6 Å². The normalized spacial score (nSPS) is 10.3. The molecule has 1 nitrogen and oxygen atoms in total. The predicted octanol–water partition coefficient (Wildman–Crippen LogP) is 3.87. The monoisotopic (exact) mass is 273 g/mol. The lowest BCUT2D eigenvalue weighted by Crippen LogP contribution is -2.11. The van der Waals surface area contributed by atoms with Gasteiger partial charge in [0, 0.05) is 27.3 Å². The summed E-state index contributed by atoms with van der Waals surface area (Å²) in [6.07, 6.45) is 2.20. The Hall–Kier alpha value is -0.120. The predicted molar refractivity (Wildman–Crippen MR) is 67.9 cm³/mol. The van der Waals surface area contributed by atoms with E-state index in [9.17, 15) is 0 Å². The van der Waals surface area contributed by atoms with Crippen LogP contribution in [-0.4, -0.2) is 6.54 Å². The van der Waals surface area contributed by atoms with Gasteiger partial charge in [0.25, 0.3) is 0 Å². The number of halogens is 1. The van der Waals surface area contributed by atoms with E-state index in [0.717, 1.165) is 13.1 Å². The molecule has 0 spiro atoms. The van der Waals surface area contributed by atoms with Gasteiger partial charge >= 0.3 is 0 Å². The molecule has 1 N–H and O–H groups in total. The lowest BCUT2D eigenvalue weighted by atomic mass is 10.3. The maximum absolute atomic E-state index is 3.52. The molecular weight excluding hydrogens is 258 g/mol. The first-order valence-electron chi connectivity index (χ1n) is 4.68. The van der Waals surface area contributed by atoms with E-state index in [1.165, 1.54) is 19.8 Å². The van der Waals surface area contributed by atoms with Crippen molar-refractivity contribution in [3.8, 4) is 0 Å². The average molecular weight is 274 g/mol. The number of allylic oxidation sites excluding steroid dienone is 1. The Kier molecular flexibility index (Phi) is 4.85. The molecular formula is C11H16BrNS. The van der Waals surface area contributed by atoms with Gasteiger partial charge in [-0.15, -0.1) is 11.3 Å². The average Bonchev–Trinajstić information content (AvgIpc) is 2.40. The zero-order chi connectivity index (χ0) is 10.6. The number of rotatable bonds is 4. The second kappa shape index (κ2) is 5.69. The van der Waals surface area contributed by atoms with E-state index in [1.54, 1.807) is 0 Å². The van der Waals surface area contributed by atoms with Gasteiger partial charge in [-0.25, -0.2) is 0 Å². The molecule has 0 unspecified atom stereocenters. The maximum Gasteiger partial charge on any atom is 0.0314 e. The maximum atomic E-state index is 3.52. The van der Waals surface area contributed by atoms with Crippen LogP contribution in [0.5, 0.6) is 0 Å². The standard InChI is InChI=1S/C11H16BrNS/c1-8(2)4-5-13-7-10-6-11(12)9(3)14-10/h4,6,13H,5,7H2,1-3H3. The minimum Gasteiger partial charge on any atom is -0.308 e. The van der Waals surface area contributed by atoms with Crippen molar-refractivity contribution in [2.45, 2.75) is 27.3 Å².